The number of nitrogens with one attached hydrogen (secondary N) is 1. The fraction of sp³-hybridized carbons (Fsp3) is 0.625. The molecule has 0 spiro atoms. The van der Waals surface area contributed by atoms with Gasteiger partial charge in [0.1, 0.15) is 0 Å². The van der Waals surface area contributed by atoms with E-state index in [0.717, 1.165) is 29.7 Å². The van der Waals surface area contributed by atoms with Gasteiger partial charge in [-0.15, -0.1) is 0 Å². The van der Waals surface area contributed by atoms with Gasteiger partial charge in [0.05, 0.1) is 13.2 Å². The maximum Gasteiger partial charge on any atom is 0.0731 e. The molecule has 1 fully saturated rings. The molecule has 2 unspecified atom stereocenters. The van der Waals surface area contributed by atoms with Crippen LogP contribution in [0.4, 0.5) is 0 Å². The molecule has 1 aromatic carbocycles. The molecule has 0 bridgehead atoms. The van der Waals surface area contributed by atoms with Gasteiger partial charge in [-0.2, -0.15) is 0 Å². The van der Waals surface area contributed by atoms with Crippen LogP contribution in [0.3, 0.4) is 0 Å². The minimum atomic E-state index is 0.599. The van der Waals surface area contributed by atoms with Gasteiger partial charge in [0.25, 0.3) is 0 Å². The highest BCUT2D eigenvalue weighted by Gasteiger charge is 2.19. The standard InChI is InChI=1S/C16H24ClNO/c1-13-6-2-5-9-16(13)18-10-11-19-12-14-7-3-4-8-15(14)17/h3-4,7-8,13,16,18H,2,5-6,9-12H2,1H3. The summed E-state index contributed by atoms with van der Waals surface area (Å²) in [4.78, 5) is 0. The van der Waals surface area contributed by atoms with E-state index in [9.17, 15) is 0 Å². The summed E-state index contributed by atoms with van der Waals surface area (Å²) < 4.78 is 5.68. The molecule has 0 radical (unpaired) electrons. The number of ether oxygens (including phenoxy) is 1. The van der Waals surface area contributed by atoms with Gasteiger partial charge < -0.3 is 10.1 Å². The van der Waals surface area contributed by atoms with Crippen molar-refractivity contribution in [1.82, 2.24) is 5.32 Å². The molecule has 19 heavy (non-hydrogen) atoms. The monoisotopic (exact) mass is 281 g/mol. The van der Waals surface area contributed by atoms with E-state index in [1.807, 2.05) is 24.3 Å². The SMILES string of the molecule is CC1CCCCC1NCCOCc1ccccc1Cl. The van der Waals surface area contributed by atoms with E-state index in [-0.39, 0.29) is 0 Å². The Hall–Kier alpha value is -0.570. The summed E-state index contributed by atoms with van der Waals surface area (Å²) in [5.74, 6) is 0.803. The summed E-state index contributed by atoms with van der Waals surface area (Å²) in [5.41, 5.74) is 1.07. The minimum Gasteiger partial charge on any atom is -0.375 e. The zero-order chi connectivity index (χ0) is 13.5. The van der Waals surface area contributed by atoms with E-state index in [4.69, 9.17) is 16.3 Å². The Balaban J connectivity index is 1.61. The largest absolute Gasteiger partial charge is 0.375 e. The summed E-state index contributed by atoms with van der Waals surface area (Å²) >= 11 is 6.08. The lowest BCUT2D eigenvalue weighted by Gasteiger charge is -2.29. The Labute approximate surface area is 121 Å². The maximum absolute atomic E-state index is 6.08. The molecule has 0 amide bonds. The molecule has 2 nitrogen and oxygen atoms in total. The zero-order valence-electron chi connectivity index (χ0n) is 11.7. The van der Waals surface area contributed by atoms with Crippen LogP contribution in [-0.2, 0) is 11.3 Å². The van der Waals surface area contributed by atoms with Gasteiger partial charge in [-0.3, -0.25) is 0 Å². The Morgan fingerprint density at radius 3 is 2.84 bits per heavy atom. The number of hydrogen-bond donors (Lipinski definition) is 1. The highest BCUT2D eigenvalue weighted by atomic mass is 35.5. The first-order valence-electron chi connectivity index (χ1n) is 7.32. The smallest absolute Gasteiger partial charge is 0.0731 e. The fourth-order valence-corrected chi connectivity index (χ4v) is 2.92. The lowest BCUT2D eigenvalue weighted by Crippen LogP contribution is -2.38. The van der Waals surface area contributed by atoms with Crippen molar-refractivity contribution in [3.05, 3.63) is 34.9 Å². The first-order valence-corrected chi connectivity index (χ1v) is 7.69. The normalized spacial score (nSPS) is 23.5. The first kappa shape index (κ1) is 14.8. The van der Waals surface area contributed by atoms with Gasteiger partial charge in [0, 0.05) is 17.6 Å². The Bertz CT molecular complexity index is 383. The lowest BCUT2D eigenvalue weighted by atomic mass is 9.86. The third kappa shape index (κ3) is 4.79. The average Bonchev–Trinajstić information content (AvgIpc) is 2.42. The van der Waals surface area contributed by atoms with Crippen molar-refractivity contribution < 1.29 is 4.74 Å². The van der Waals surface area contributed by atoms with Crippen molar-refractivity contribution in [3.63, 3.8) is 0 Å². The molecule has 1 saturated carbocycles. The third-order valence-corrected chi connectivity index (χ3v) is 4.35. The van der Waals surface area contributed by atoms with Crippen LogP contribution in [0.25, 0.3) is 0 Å². The molecule has 1 aliphatic rings. The Morgan fingerprint density at radius 2 is 2.05 bits per heavy atom. The summed E-state index contributed by atoms with van der Waals surface area (Å²) in [6.45, 7) is 4.62. The van der Waals surface area contributed by atoms with Crippen molar-refractivity contribution in [2.45, 2.75) is 45.3 Å². The lowest BCUT2D eigenvalue weighted by molar-refractivity contribution is 0.116. The number of halogens is 1. The Kier molecular flexibility index (Phi) is 6.15. The molecular weight excluding hydrogens is 258 g/mol. The van der Waals surface area contributed by atoms with Gasteiger partial charge in [0.15, 0.2) is 0 Å². The molecule has 0 aromatic heterocycles. The second-order valence-corrected chi connectivity index (χ2v) is 5.87. The van der Waals surface area contributed by atoms with Gasteiger partial charge >= 0.3 is 0 Å². The molecule has 1 aliphatic carbocycles. The first-order chi connectivity index (χ1) is 9.27. The van der Waals surface area contributed by atoms with E-state index in [1.54, 1.807) is 0 Å². The van der Waals surface area contributed by atoms with Crippen molar-refractivity contribution in [2.75, 3.05) is 13.2 Å². The third-order valence-electron chi connectivity index (χ3n) is 3.98. The number of rotatable bonds is 6. The second kappa shape index (κ2) is 7.88. The van der Waals surface area contributed by atoms with Crippen LogP contribution in [0.5, 0.6) is 0 Å². The van der Waals surface area contributed by atoms with Crippen LogP contribution in [0.1, 0.15) is 38.2 Å². The van der Waals surface area contributed by atoms with E-state index in [1.165, 1.54) is 25.7 Å². The van der Waals surface area contributed by atoms with Crippen molar-refractivity contribution in [2.24, 2.45) is 5.92 Å². The van der Waals surface area contributed by atoms with E-state index in [0.29, 0.717) is 12.6 Å². The summed E-state index contributed by atoms with van der Waals surface area (Å²) in [6.07, 6.45) is 5.43. The highest BCUT2D eigenvalue weighted by molar-refractivity contribution is 6.31. The molecule has 1 aromatic rings. The van der Waals surface area contributed by atoms with Crippen LogP contribution in [0.2, 0.25) is 5.02 Å². The second-order valence-electron chi connectivity index (χ2n) is 5.47. The summed E-state index contributed by atoms with van der Waals surface area (Å²) in [7, 11) is 0. The maximum atomic E-state index is 6.08. The quantitative estimate of drug-likeness (QED) is 0.795. The summed E-state index contributed by atoms with van der Waals surface area (Å²) in [5, 5.41) is 4.40. The van der Waals surface area contributed by atoms with E-state index >= 15 is 0 Å². The number of hydrogen-bond acceptors (Lipinski definition) is 2. The molecule has 0 saturated heterocycles. The van der Waals surface area contributed by atoms with Crippen molar-refractivity contribution >= 4 is 11.6 Å². The van der Waals surface area contributed by atoms with Crippen molar-refractivity contribution in [1.29, 1.82) is 0 Å². The Morgan fingerprint density at radius 1 is 1.26 bits per heavy atom. The van der Waals surface area contributed by atoms with Crippen LogP contribution in [0.15, 0.2) is 24.3 Å². The van der Waals surface area contributed by atoms with Crippen LogP contribution >= 0.6 is 11.6 Å². The molecular formula is C16H24ClNO. The molecule has 2 atom stereocenters. The predicted molar refractivity (Wildman–Crippen MR) is 80.5 cm³/mol. The molecule has 0 aliphatic heterocycles. The van der Waals surface area contributed by atoms with Crippen LogP contribution < -0.4 is 5.32 Å². The van der Waals surface area contributed by atoms with Gasteiger partial charge in [-0.05, 0) is 30.4 Å². The molecule has 2 rings (SSSR count). The van der Waals surface area contributed by atoms with Gasteiger partial charge in [-0.25, -0.2) is 0 Å². The highest BCUT2D eigenvalue weighted by Crippen LogP contribution is 2.23. The molecule has 1 N–H and O–H groups in total. The predicted octanol–water partition coefficient (Wildman–Crippen LogP) is 4.02. The zero-order valence-corrected chi connectivity index (χ0v) is 12.5. The van der Waals surface area contributed by atoms with Gasteiger partial charge in [-0.1, -0.05) is 49.6 Å². The van der Waals surface area contributed by atoms with E-state index < -0.39 is 0 Å². The van der Waals surface area contributed by atoms with E-state index in [2.05, 4.69) is 12.2 Å². The summed E-state index contributed by atoms with van der Waals surface area (Å²) in [6, 6.07) is 8.53. The van der Waals surface area contributed by atoms with Gasteiger partial charge in [0.2, 0.25) is 0 Å². The number of benzene rings is 1. The van der Waals surface area contributed by atoms with Crippen LogP contribution in [-0.4, -0.2) is 19.2 Å². The fourth-order valence-electron chi connectivity index (χ4n) is 2.73. The average molecular weight is 282 g/mol. The topological polar surface area (TPSA) is 21.3 Å². The minimum absolute atomic E-state index is 0.599. The van der Waals surface area contributed by atoms with Crippen molar-refractivity contribution in [3.8, 4) is 0 Å². The molecule has 3 heteroatoms. The molecule has 0 heterocycles. The van der Waals surface area contributed by atoms with Crippen LogP contribution in [0, 0.1) is 5.92 Å². The molecule has 106 valence electrons.